The highest BCUT2D eigenvalue weighted by Crippen LogP contribution is 2.46. The topological polar surface area (TPSA) is 3.24 Å². The number of benzene rings is 9. The van der Waals surface area contributed by atoms with Crippen LogP contribution in [0.2, 0.25) is 0 Å². The first-order chi connectivity index (χ1) is 27.8. The fourth-order valence-corrected chi connectivity index (χ4v) is 9.06. The van der Waals surface area contributed by atoms with Crippen molar-refractivity contribution >= 4 is 48.6 Å². The Morgan fingerprint density at radius 3 is 1.43 bits per heavy atom. The number of rotatable bonds is 8. The first kappa shape index (κ1) is 33.6. The summed E-state index contributed by atoms with van der Waals surface area (Å²) in [5, 5.41) is 2.60. The second-order valence-electron chi connectivity index (χ2n) is 14.1. The minimum Gasteiger partial charge on any atom is -0.310 e. The number of fused-ring (bicyclic) bond motifs is 3. The van der Waals surface area contributed by atoms with E-state index in [0.29, 0.717) is 0 Å². The third kappa shape index (κ3) is 6.36. The standard InChI is InChI=1S/C54H37NS/c1-5-15-38(16-6-1)40-25-29-45(30-26-40)55(46-31-33-49-48-23-13-14-24-53(48)56-54(49)37-46)52-34-28-44(36-51(52)42-21-11-4-12-22-42)50-35-43(39-17-7-2-8-18-39)27-32-47(50)41-19-9-3-10-20-41/h1-37H. The predicted octanol–water partition coefficient (Wildman–Crippen LogP) is 15.9. The lowest BCUT2D eigenvalue weighted by molar-refractivity contribution is 1.29. The number of hydrogen-bond acceptors (Lipinski definition) is 2. The van der Waals surface area contributed by atoms with Gasteiger partial charge in [-0.1, -0.05) is 176 Å². The van der Waals surface area contributed by atoms with Gasteiger partial charge in [-0.05, 0) is 98.6 Å². The van der Waals surface area contributed by atoms with Gasteiger partial charge in [-0.3, -0.25) is 0 Å². The molecule has 1 nitrogen and oxygen atoms in total. The van der Waals surface area contributed by atoms with E-state index in [-0.39, 0.29) is 0 Å². The van der Waals surface area contributed by atoms with Gasteiger partial charge in [0, 0.05) is 37.1 Å². The van der Waals surface area contributed by atoms with E-state index in [4.69, 9.17) is 0 Å². The van der Waals surface area contributed by atoms with Gasteiger partial charge in [-0.2, -0.15) is 0 Å². The molecule has 1 aromatic heterocycles. The average molecular weight is 732 g/mol. The lowest BCUT2D eigenvalue weighted by Crippen LogP contribution is -2.11. The Morgan fingerprint density at radius 1 is 0.268 bits per heavy atom. The highest BCUT2D eigenvalue weighted by atomic mass is 32.1. The molecule has 1 heterocycles. The van der Waals surface area contributed by atoms with Crippen LogP contribution in [-0.2, 0) is 0 Å². The summed E-state index contributed by atoms with van der Waals surface area (Å²) < 4.78 is 2.58. The third-order valence-corrected chi connectivity index (χ3v) is 11.8. The lowest BCUT2D eigenvalue weighted by atomic mass is 9.89. The molecule has 0 aliphatic heterocycles. The van der Waals surface area contributed by atoms with Crippen LogP contribution in [0.4, 0.5) is 17.1 Å². The fourth-order valence-electron chi connectivity index (χ4n) is 7.92. The summed E-state index contributed by atoms with van der Waals surface area (Å²) in [7, 11) is 0. The molecule has 0 atom stereocenters. The number of thiophene rings is 1. The van der Waals surface area contributed by atoms with E-state index < -0.39 is 0 Å². The SMILES string of the molecule is c1ccc(-c2ccc(N(c3ccc4c(c3)sc3ccccc34)c3ccc(-c4cc(-c5ccccc5)ccc4-c4ccccc4)cc3-c3ccccc3)cc2)cc1. The summed E-state index contributed by atoms with van der Waals surface area (Å²) >= 11 is 1.86. The number of hydrogen-bond donors (Lipinski definition) is 0. The van der Waals surface area contributed by atoms with E-state index in [0.717, 1.165) is 22.6 Å². The monoisotopic (exact) mass is 731 g/mol. The molecule has 9 aromatic carbocycles. The molecule has 0 bridgehead atoms. The van der Waals surface area contributed by atoms with Gasteiger partial charge >= 0.3 is 0 Å². The van der Waals surface area contributed by atoms with Crippen LogP contribution in [0.5, 0.6) is 0 Å². The predicted molar refractivity (Wildman–Crippen MR) is 241 cm³/mol. The highest BCUT2D eigenvalue weighted by Gasteiger charge is 2.21. The van der Waals surface area contributed by atoms with Crippen LogP contribution in [0, 0.1) is 0 Å². The molecule has 0 amide bonds. The fraction of sp³-hybridized carbons (Fsp3) is 0. The Kier molecular flexibility index (Phi) is 8.79. The maximum Gasteiger partial charge on any atom is 0.0540 e. The Morgan fingerprint density at radius 2 is 0.750 bits per heavy atom. The van der Waals surface area contributed by atoms with Gasteiger partial charge in [-0.25, -0.2) is 0 Å². The minimum absolute atomic E-state index is 1.10. The molecule has 10 rings (SSSR count). The zero-order chi connectivity index (χ0) is 37.3. The first-order valence-electron chi connectivity index (χ1n) is 19.1. The largest absolute Gasteiger partial charge is 0.310 e. The maximum atomic E-state index is 2.43. The summed E-state index contributed by atoms with van der Waals surface area (Å²) in [5.41, 5.74) is 15.3. The Hall–Kier alpha value is -7.00. The molecular weight excluding hydrogens is 695 g/mol. The smallest absolute Gasteiger partial charge is 0.0540 e. The van der Waals surface area contributed by atoms with E-state index in [1.165, 1.54) is 70.2 Å². The molecule has 0 radical (unpaired) electrons. The maximum absolute atomic E-state index is 2.43. The van der Waals surface area contributed by atoms with E-state index in [1.807, 2.05) is 11.3 Å². The summed E-state index contributed by atoms with van der Waals surface area (Å²) in [5.74, 6) is 0. The Balaban J connectivity index is 1.19. The van der Waals surface area contributed by atoms with Crippen molar-refractivity contribution in [2.45, 2.75) is 0 Å². The van der Waals surface area contributed by atoms with Crippen LogP contribution in [0.1, 0.15) is 0 Å². The normalized spacial score (nSPS) is 11.2. The van der Waals surface area contributed by atoms with Crippen molar-refractivity contribution in [3.63, 3.8) is 0 Å². The van der Waals surface area contributed by atoms with Crippen LogP contribution in [-0.4, -0.2) is 0 Å². The summed E-state index contributed by atoms with van der Waals surface area (Å²) in [6, 6.07) is 81.4. The summed E-state index contributed by atoms with van der Waals surface area (Å²) in [6.07, 6.45) is 0. The molecule has 0 saturated carbocycles. The quantitative estimate of drug-likeness (QED) is 0.150. The molecule has 10 aromatic rings. The van der Waals surface area contributed by atoms with Crippen molar-refractivity contribution in [2.24, 2.45) is 0 Å². The van der Waals surface area contributed by atoms with Gasteiger partial charge in [0.15, 0.2) is 0 Å². The van der Waals surface area contributed by atoms with Gasteiger partial charge in [-0.15, -0.1) is 11.3 Å². The zero-order valence-corrected chi connectivity index (χ0v) is 31.5. The van der Waals surface area contributed by atoms with Crippen molar-refractivity contribution < 1.29 is 0 Å². The van der Waals surface area contributed by atoms with Crippen molar-refractivity contribution in [1.29, 1.82) is 0 Å². The molecule has 0 unspecified atom stereocenters. The molecular formula is C54H37NS. The number of nitrogens with zero attached hydrogens (tertiary/aromatic N) is 1. The second-order valence-corrected chi connectivity index (χ2v) is 15.2. The van der Waals surface area contributed by atoms with Gasteiger partial charge in [0.05, 0.1) is 5.69 Å². The van der Waals surface area contributed by atoms with Crippen LogP contribution < -0.4 is 4.90 Å². The molecule has 0 N–H and O–H groups in total. The summed E-state index contributed by atoms with van der Waals surface area (Å²) in [4.78, 5) is 2.43. The van der Waals surface area contributed by atoms with Crippen LogP contribution in [0.25, 0.3) is 75.8 Å². The third-order valence-electron chi connectivity index (χ3n) is 10.7. The molecule has 0 spiro atoms. The van der Waals surface area contributed by atoms with Gasteiger partial charge in [0.25, 0.3) is 0 Å². The molecule has 0 saturated heterocycles. The second kappa shape index (κ2) is 14.7. The molecule has 0 aliphatic carbocycles. The van der Waals surface area contributed by atoms with Crippen molar-refractivity contribution in [2.75, 3.05) is 4.90 Å². The minimum atomic E-state index is 1.10. The van der Waals surface area contributed by atoms with Gasteiger partial charge < -0.3 is 4.90 Å². The van der Waals surface area contributed by atoms with Crippen LogP contribution in [0.3, 0.4) is 0 Å². The lowest BCUT2D eigenvalue weighted by Gasteiger charge is -2.29. The molecule has 0 fully saturated rings. The van der Waals surface area contributed by atoms with Crippen molar-refractivity contribution in [1.82, 2.24) is 0 Å². The van der Waals surface area contributed by atoms with Crippen LogP contribution >= 0.6 is 11.3 Å². The summed E-state index contributed by atoms with van der Waals surface area (Å²) in [6.45, 7) is 0. The number of anilines is 3. The van der Waals surface area contributed by atoms with Gasteiger partial charge in [0.1, 0.15) is 0 Å². The van der Waals surface area contributed by atoms with Crippen molar-refractivity contribution in [3.8, 4) is 55.6 Å². The first-order valence-corrected chi connectivity index (χ1v) is 19.9. The zero-order valence-electron chi connectivity index (χ0n) is 30.7. The molecule has 2 heteroatoms. The molecule has 56 heavy (non-hydrogen) atoms. The average Bonchev–Trinajstić information content (AvgIpc) is 3.66. The van der Waals surface area contributed by atoms with E-state index >= 15 is 0 Å². The van der Waals surface area contributed by atoms with E-state index in [9.17, 15) is 0 Å². The van der Waals surface area contributed by atoms with Gasteiger partial charge in [0.2, 0.25) is 0 Å². The Bertz CT molecular complexity index is 2930. The van der Waals surface area contributed by atoms with E-state index in [2.05, 4.69) is 229 Å². The molecule has 264 valence electrons. The highest BCUT2D eigenvalue weighted by molar-refractivity contribution is 7.25. The molecule has 0 aliphatic rings. The Labute approximate surface area is 332 Å². The van der Waals surface area contributed by atoms with Crippen molar-refractivity contribution in [3.05, 3.63) is 224 Å². The van der Waals surface area contributed by atoms with Crippen LogP contribution in [0.15, 0.2) is 224 Å². The van der Waals surface area contributed by atoms with E-state index in [1.54, 1.807) is 0 Å².